The fraction of sp³-hybridized carbons (Fsp3) is 0.923. The number of amides is 1. The van der Waals surface area contributed by atoms with Crippen LogP contribution in [-0.4, -0.2) is 37.4 Å². The lowest BCUT2D eigenvalue weighted by molar-refractivity contribution is -0.143. The van der Waals surface area contributed by atoms with E-state index in [1.165, 1.54) is 0 Å². The molecule has 1 aliphatic carbocycles. The minimum atomic E-state index is -0.225. The fourth-order valence-corrected chi connectivity index (χ4v) is 2.66. The van der Waals surface area contributed by atoms with Gasteiger partial charge in [0.15, 0.2) is 0 Å². The maximum Gasteiger partial charge on any atom is 0.249 e. The average Bonchev–Trinajstić information content (AvgIpc) is 2.81. The second-order valence-corrected chi connectivity index (χ2v) is 5.56. The van der Waals surface area contributed by atoms with Gasteiger partial charge in [-0.05, 0) is 26.2 Å². The predicted molar refractivity (Wildman–Crippen MR) is 64.7 cm³/mol. The summed E-state index contributed by atoms with van der Waals surface area (Å²) in [5, 5.41) is 3.09. The van der Waals surface area contributed by atoms with E-state index in [9.17, 15) is 4.79 Å². The Bertz CT molecular complexity index is 284. The summed E-state index contributed by atoms with van der Waals surface area (Å²) in [6, 6.07) is 0.218. The molecule has 0 aromatic carbocycles. The van der Waals surface area contributed by atoms with Gasteiger partial charge in [0, 0.05) is 24.7 Å². The maximum absolute atomic E-state index is 11.9. The van der Waals surface area contributed by atoms with Crippen LogP contribution in [0.5, 0.6) is 0 Å². The monoisotopic (exact) mass is 241 g/mol. The number of carbonyl (C=O) groups is 1. The van der Waals surface area contributed by atoms with Gasteiger partial charge in [-0.25, -0.2) is 0 Å². The molecular weight excluding hydrogens is 218 g/mol. The molecule has 0 radical (unpaired) electrons. The van der Waals surface area contributed by atoms with E-state index in [-0.39, 0.29) is 29.6 Å². The van der Waals surface area contributed by atoms with Crippen LogP contribution in [0.2, 0.25) is 0 Å². The molecule has 17 heavy (non-hydrogen) atoms. The van der Waals surface area contributed by atoms with Crippen LogP contribution in [0.25, 0.3) is 0 Å². The molecule has 4 nitrogen and oxygen atoms in total. The molecule has 0 aromatic heterocycles. The van der Waals surface area contributed by atoms with Crippen LogP contribution in [0.15, 0.2) is 0 Å². The third-order valence-corrected chi connectivity index (χ3v) is 4.08. The topological polar surface area (TPSA) is 47.6 Å². The molecule has 2 aliphatic rings. The van der Waals surface area contributed by atoms with Crippen molar-refractivity contribution in [3.63, 3.8) is 0 Å². The van der Waals surface area contributed by atoms with Crippen molar-refractivity contribution in [2.45, 2.75) is 58.3 Å². The van der Waals surface area contributed by atoms with Crippen molar-refractivity contribution in [3.05, 3.63) is 0 Å². The van der Waals surface area contributed by atoms with E-state index in [1.54, 1.807) is 0 Å². The fourth-order valence-electron chi connectivity index (χ4n) is 2.66. The standard InChI is InChI=1S/C13H23NO3/c1-4-16-11-8-10(13(11,2)3)14-12(15)9-6-5-7-17-9/h9-11H,4-8H2,1-3H3,(H,14,15)/t9-,10+,11-/m1/s1. The van der Waals surface area contributed by atoms with E-state index in [0.29, 0.717) is 6.61 Å². The summed E-state index contributed by atoms with van der Waals surface area (Å²) < 4.78 is 11.0. The Labute approximate surface area is 103 Å². The van der Waals surface area contributed by atoms with Crippen molar-refractivity contribution in [2.75, 3.05) is 13.2 Å². The van der Waals surface area contributed by atoms with Crippen LogP contribution in [-0.2, 0) is 14.3 Å². The smallest absolute Gasteiger partial charge is 0.249 e. The van der Waals surface area contributed by atoms with Gasteiger partial charge in [0.25, 0.3) is 0 Å². The lowest BCUT2D eigenvalue weighted by atomic mass is 9.64. The first kappa shape index (κ1) is 12.8. The molecule has 1 aliphatic heterocycles. The Kier molecular flexibility index (Phi) is 3.73. The highest BCUT2D eigenvalue weighted by molar-refractivity contribution is 5.81. The number of hydrogen-bond donors (Lipinski definition) is 1. The van der Waals surface area contributed by atoms with Gasteiger partial charge >= 0.3 is 0 Å². The number of hydrogen-bond acceptors (Lipinski definition) is 3. The molecular formula is C13H23NO3. The molecule has 0 unspecified atom stereocenters. The van der Waals surface area contributed by atoms with Crippen LogP contribution in [0, 0.1) is 5.41 Å². The molecule has 2 rings (SSSR count). The van der Waals surface area contributed by atoms with Gasteiger partial charge in [-0.3, -0.25) is 4.79 Å². The van der Waals surface area contributed by atoms with Crippen molar-refractivity contribution in [2.24, 2.45) is 5.41 Å². The van der Waals surface area contributed by atoms with E-state index < -0.39 is 0 Å². The van der Waals surface area contributed by atoms with Crippen LogP contribution in [0.4, 0.5) is 0 Å². The lowest BCUT2D eigenvalue weighted by Crippen LogP contribution is -2.63. The van der Waals surface area contributed by atoms with Crippen molar-refractivity contribution >= 4 is 5.91 Å². The summed E-state index contributed by atoms with van der Waals surface area (Å²) in [4.78, 5) is 11.9. The summed E-state index contributed by atoms with van der Waals surface area (Å²) >= 11 is 0. The van der Waals surface area contributed by atoms with Gasteiger partial charge in [-0.15, -0.1) is 0 Å². The van der Waals surface area contributed by atoms with Gasteiger partial charge in [0.05, 0.1) is 6.10 Å². The predicted octanol–water partition coefficient (Wildman–Crippen LogP) is 1.49. The van der Waals surface area contributed by atoms with Gasteiger partial charge in [-0.1, -0.05) is 13.8 Å². The van der Waals surface area contributed by atoms with Crippen LogP contribution in [0.1, 0.15) is 40.0 Å². The molecule has 1 heterocycles. The zero-order chi connectivity index (χ0) is 12.5. The number of ether oxygens (including phenoxy) is 2. The number of carbonyl (C=O) groups excluding carboxylic acids is 1. The minimum Gasteiger partial charge on any atom is -0.378 e. The molecule has 98 valence electrons. The van der Waals surface area contributed by atoms with Crippen LogP contribution < -0.4 is 5.32 Å². The SMILES string of the molecule is CCO[C@@H]1C[C@H](NC(=O)[C@H]2CCCO2)C1(C)C. The Balaban J connectivity index is 1.82. The highest BCUT2D eigenvalue weighted by atomic mass is 16.5. The average molecular weight is 241 g/mol. The zero-order valence-corrected chi connectivity index (χ0v) is 11.0. The minimum absolute atomic E-state index is 0.0320. The molecule has 4 heteroatoms. The van der Waals surface area contributed by atoms with Crippen molar-refractivity contribution in [1.29, 1.82) is 0 Å². The van der Waals surface area contributed by atoms with E-state index in [4.69, 9.17) is 9.47 Å². The molecule has 1 amide bonds. The molecule has 0 aromatic rings. The Morgan fingerprint density at radius 2 is 2.29 bits per heavy atom. The Hall–Kier alpha value is -0.610. The van der Waals surface area contributed by atoms with Gasteiger partial charge in [0.2, 0.25) is 5.91 Å². The zero-order valence-electron chi connectivity index (χ0n) is 11.0. The van der Waals surface area contributed by atoms with E-state index >= 15 is 0 Å². The highest BCUT2D eigenvalue weighted by Crippen LogP contribution is 2.42. The summed E-state index contributed by atoms with van der Waals surface area (Å²) in [6.07, 6.45) is 2.81. The van der Waals surface area contributed by atoms with Crippen LogP contribution >= 0.6 is 0 Å². The second kappa shape index (κ2) is 4.94. The van der Waals surface area contributed by atoms with Crippen LogP contribution in [0.3, 0.4) is 0 Å². The second-order valence-electron chi connectivity index (χ2n) is 5.56. The molecule has 1 N–H and O–H groups in total. The lowest BCUT2D eigenvalue weighted by Gasteiger charge is -2.51. The first-order chi connectivity index (χ1) is 8.05. The summed E-state index contributed by atoms with van der Waals surface area (Å²) in [7, 11) is 0. The van der Waals surface area contributed by atoms with Crippen molar-refractivity contribution in [1.82, 2.24) is 5.32 Å². The highest BCUT2D eigenvalue weighted by Gasteiger charge is 2.50. The normalized spacial score (nSPS) is 35.4. The summed E-state index contributed by atoms with van der Waals surface area (Å²) in [5.74, 6) is 0.0514. The van der Waals surface area contributed by atoms with Gasteiger partial charge in [0.1, 0.15) is 6.10 Å². The Morgan fingerprint density at radius 1 is 1.53 bits per heavy atom. The molecule has 1 saturated heterocycles. The third kappa shape index (κ3) is 2.47. The maximum atomic E-state index is 11.9. The first-order valence-electron chi connectivity index (χ1n) is 6.59. The Morgan fingerprint density at radius 3 is 2.82 bits per heavy atom. The van der Waals surface area contributed by atoms with E-state index in [0.717, 1.165) is 25.9 Å². The number of rotatable bonds is 4. The van der Waals surface area contributed by atoms with E-state index in [2.05, 4.69) is 19.2 Å². The number of nitrogens with one attached hydrogen (secondary N) is 1. The quantitative estimate of drug-likeness (QED) is 0.811. The summed E-state index contributed by atoms with van der Waals surface area (Å²) in [6.45, 7) is 7.76. The van der Waals surface area contributed by atoms with E-state index in [1.807, 2.05) is 6.92 Å². The van der Waals surface area contributed by atoms with Gasteiger partial charge in [-0.2, -0.15) is 0 Å². The van der Waals surface area contributed by atoms with Gasteiger partial charge < -0.3 is 14.8 Å². The van der Waals surface area contributed by atoms with Crippen molar-refractivity contribution < 1.29 is 14.3 Å². The molecule has 1 saturated carbocycles. The first-order valence-corrected chi connectivity index (χ1v) is 6.59. The largest absolute Gasteiger partial charge is 0.378 e. The molecule has 0 bridgehead atoms. The molecule has 0 spiro atoms. The molecule has 2 fully saturated rings. The summed E-state index contributed by atoms with van der Waals surface area (Å²) in [5.41, 5.74) is 0.0320. The third-order valence-electron chi connectivity index (χ3n) is 4.08. The molecule has 3 atom stereocenters. The van der Waals surface area contributed by atoms with Crippen molar-refractivity contribution in [3.8, 4) is 0 Å².